The molecule has 2 rings (SSSR count). The van der Waals surface area contributed by atoms with Gasteiger partial charge in [0.05, 0.1) is 0 Å². The summed E-state index contributed by atoms with van der Waals surface area (Å²) in [4.78, 5) is 10.8. The first kappa shape index (κ1) is 16.0. The van der Waals surface area contributed by atoms with Crippen LogP contribution in [-0.2, 0) is 10.0 Å². The van der Waals surface area contributed by atoms with Crippen molar-refractivity contribution in [2.45, 2.75) is 31.1 Å². The molecular formula is C13H19NO6S. The maximum absolute atomic E-state index is 12.6. The van der Waals surface area contributed by atoms with Crippen molar-refractivity contribution < 1.29 is 27.8 Å². The molecule has 2 N–H and O–H groups in total. The standard InChI is InChI=1S/C13H19NO6S/c1-9-12(7-11(20-9)13(16)17)21(18,19)14-5-2-3-10(8-14)4-6-15/h7,10,15H,2-6,8H2,1H3,(H,16,17). The Kier molecular flexibility index (Phi) is 4.70. The first-order valence-corrected chi connectivity index (χ1v) is 8.25. The van der Waals surface area contributed by atoms with Crippen molar-refractivity contribution >= 4 is 16.0 Å². The van der Waals surface area contributed by atoms with E-state index in [-0.39, 0.29) is 28.9 Å². The van der Waals surface area contributed by atoms with E-state index >= 15 is 0 Å². The van der Waals surface area contributed by atoms with Crippen LogP contribution in [0.4, 0.5) is 0 Å². The summed E-state index contributed by atoms with van der Waals surface area (Å²) >= 11 is 0. The highest BCUT2D eigenvalue weighted by molar-refractivity contribution is 7.89. The number of aryl methyl sites for hydroxylation is 1. The lowest BCUT2D eigenvalue weighted by molar-refractivity contribution is 0.0661. The summed E-state index contributed by atoms with van der Waals surface area (Å²) in [5, 5.41) is 17.9. The number of rotatable bonds is 5. The van der Waals surface area contributed by atoms with Crippen molar-refractivity contribution in [2.75, 3.05) is 19.7 Å². The van der Waals surface area contributed by atoms with E-state index in [9.17, 15) is 13.2 Å². The van der Waals surface area contributed by atoms with Gasteiger partial charge in [-0.1, -0.05) is 0 Å². The van der Waals surface area contributed by atoms with Crippen molar-refractivity contribution in [3.05, 3.63) is 17.6 Å². The first-order valence-electron chi connectivity index (χ1n) is 6.81. The van der Waals surface area contributed by atoms with E-state index in [0.717, 1.165) is 18.9 Å². The molecule has 0 bridgehead atoms. The molecule has 118 valence electrons. The average molecular weight is 317 g/mol. The summed E-state index contributed by atoms with van der Waals surface area (Å²) < 4.78 is 31.5. The summed E-state index contributed by atoms with van der Waals surface area (Å²) in [5.41, 5.74) is 0. The van der Waals surface area contributed by atoms with E-state index in [4.69, 9.17) is 14.6 Å². The molecule has 0 aliphatic carbocycles. The molecule has 1 aromatic heterocycles. The van der Waals surface area contributed by atoms with E-state index in [1.807, 2.05) is 0 Å². The van der Waals surface area contributed by atoms with Crippen molar-refractivity contribution in [1.29, 1.82) is 0 Å². The number of hydrogen-bond donors (Lipinski definition) is 2. The van der Waals surface area contributed by atoms with Crippen LogP contribution >= 0.6 is 0 Å². The minimum Gasteiger partial charge on any atom is -0.475 e. The van der Waals surface area contributed by atoms with Crippen LogP contribution in [0.15, 0.2) is 15.4 Å². The number of carbonyl (C=O) groups is 1. The molecule has 0 amide bonds. The fraction of sp³-hybridized carbons (Fsp3) is 0.615. The Morgan fingerprint density at radius 1 is 1.52 bits per heavy atom. The quantitative estimate of drug-likeness (QED) is 0.841. The van der Waals surface area contributed by atoms with Gasteiger partial charge in [0, 0.05) is 25.8 Å². The van der Waals surface area contributed by atoms with Crippen LogP contribution < -0.4 is 0 Å². The number of hydrogen-bond acceptors (Lipinski definition) is 5. The highest BCUT2D eigenvalue weighted by atomic mass is 32.2. The fourth-order valence-electron chi connectivity index (χ4n) is 2.63. The maximum atomic E-state index is 12.6. The van der Waals surface area contributed by atoms with Gasteiger partial charge in [-0.2, -0.15) is 4.31 Å². The van der Waals surface area contributed by atoms with Crippen LogP contribution in [0.3, 0.4) is 0 Å². The predicted molar refractivity (Wildman–Crippen MR) is 73.6 cm³/mol. The largest absolute Gasteiger partial charge is 0.475 e. The van der Waals surface area contributed by atoms with Gasteiger partial charge in [0.25, 0.3) is 0 Å². The van der Waals surface area contributed by atoms with Gasteiger partial charge in [0.1, 0.15) is 10.7 Å². The number of nitrogens with zero attached hydrogens (tertiary/aromatic N) is 1. The monoisotopic (exact) mass is 317 g/mol. The third-order valence-electron chi connectivity index (χ3n) is 3.72. The lowest BCUT2D eigenvalue weighted by Crippen LogP contribution is -2.40. The Balaban J connectivity index is 2.27. The molecule has 1 aromatic rings. The molecule has 21 heavy (non-hydrogen) atoms. The van der Waals surface area contributed by atoms with Crippen LogP contribution in [0.25, 0.3) is 0 Å². The van der Waals surface area contributed by atoms with E-state index < -0.39 is 16.0 Å². The van der Waals surface area contributed by atoms with Crippen molar-refractivity contribution in [1.82, 2.24) is 4.31 Å². The third-order valence-corrected chi connectivity index (χ3v) is 5.69. The number of aliphatic hydroxyl groups is 1. The number of sulfonamides is 1. The van der Waals surface area contributed by atoms with E-state index in [0.29, 0.717) is 19.5 Å². The lowest BCUT2D eigenvalue weighted by Gasteiger charge is -2.31. The minimum atomic E-state index is -3.76. The number of carboxylic acid groups (broad SMARTS) is 1. The van der Waals surface area contributed by atoms with Crippen LogP contribution in [0, 0.1) is 12.8 Å². The molecule has 1 saturated heterocycles. The molecule has 1 aliphatic rings. The Labute approximate surface area is 123 Å². The summed E-state index contributed by atoms with van der Waals surface area (Å²) in [6, 6.07) is 1.06. The fourth-order valence-corrected chi connectivity index (χ4v) is 4.34. The normalized spacial score (nSPS) is 20.6. The molecule has 1 unspecified atom stereocenters. The Morgan fingerprint density at radius 2 is 2.24 bits per heavy atom. The molecule has 0 saturated carbocycles. The molecule has 1 atom stereocenters. The number of aromatic carboxylic acids is 1. The Hall–Kier alpha value is -1.38. The summed E-state index contributed by atoms with van der Waals surface area (Å²) in [5.74, 6) is -1.47. The lowest BCUT2D eigenvalue weighted by atomic mass is 9.97. The second-order valence-corrected chi connectivity index (χ2v) is 7.13. The number of piperidine rings is 1. The molecule has 1 aliphatic heterocycles. The van der Waals surface area contributed by atoms with Crippen molar-refractivity contribution in [3.63, 3.8) is 0 Å². The van der Waals surface area contributed by atoms with Gasteiger partial charge in [-0.15, -0.1) is 0 Å². The maximum Gasteiger partial charge on any atom is 0.371 e. The molecular weight excluding hydrogens is 298 g/mol. The first-order chi connectivity index (χ1) is 9.86. The molecule has 7 nitrogen and oxygen atoms in total. The minimum absolute atomic E-state index is 0.0342. The molecule has 0 radical (unpaired) electrons. The van der Waals surface area contributed by atoms with Gasteiger partial charge >= 0.3 is 5.97 Å². The van der Waals surface area contributed by atoms with Gasteiger partial charge in [-0.3, -0.25) is 0 Å². The number of carboxylic acids is 1. The van der Waals surface area contributed by atoms with Gasteiger partial charge in [0.15, 0.2) is 0 Å². The smallest absolute Gasteiger partial charge is 0.371 e. The van der Waals surface area contributed by atoms with Crippen LogP contribution in [0.1, 0.15) is 35.6 Å². The topological polar surface area (TPSA) is 108 Å². The number of aliphatic hydroxyl groups excluding tert-OH is 1. The average Bonchev–Trinajstić information content (AvgIpc) is 2.82. The third kappa shape index (κ3) is 3.28. The van der Waals surface area contributed by atoms with Gasteiger partial charge in [-0.25, -0.2) is 13.2 Å². The zero-order chi connectivity index (χ0) is 15.6. The van der Waals surface area contributed by atoms with E-state index in [1.165, 1.54) is 11.2 Å². The summed E-state index contributed by atoms with van der Waals surface area (Å²) in [6.07, 6.45) is 2.18. The van der Waals surface area contributed by atoms with Gasteiger partial charge < -0.3 is 14.6 Å². The van der Waals surface area contributed by atoms with Crippen LogP contribution in [0.2, 0.25) is 0 Å². The van der Waals surface area contributed by atoms with Crippen molar-refractivity contribution in [2.24, 2.45) is 5.92 Å². The molecule has 8 heteroatoms. The second kappa shape index (κ2) is 6.17. The SMILES string of the molecule is Cc1oc(C(=O)O)cc1S(=O)(=O)N1CCCC(CCO)C1. The Morgan fingerprint density at radius 3 is 2.81 bits per heavy atom. The molecule has 0 spiro atoms. The highest BCUT2D eigenvalue weighted by Gasteiger charge is 2.33. The van der Waals surface area contributed by atoms with Crippen LogP contribution in [0.5, 0.6) is 0 Å². The van der Waals surface area contributed by atoms with Gasteiger partial charge in [-0.05, 0) is 32.1 Å². The van der Waals surface area contributed by atoms with E-state index in [2.05, 4.69) is 0 Å². The molecule has 1 fully saturated rings. The molecule has 2 heterocycles. The summed E-state index contributed by atoms with van der Waals surface area (Å²) in [6.45, 7) is 2.22. The highest BCUT2D eigenvalue weighted by Crippen LogP contribution is 2.28. The predicted octanol–water partition coefficient (Wildman–Crippen LogP) is 1.07. The second-order valence-electron chi connectivity index (χ2n) is 5.22. The van der Waals surface area contributed by atoms with E-state index in [1.54, 1.807) is 0 Å². The zero-order valence-corrected chi connectivity index (χ0v) is 12.6. The van der Waals surface area contributed by atoms with Crippen molar-refractivity contribution in [3.8, 4) is 0 Å². The Bertz CT molecular complexity index is 619. The summed E-state index contributed by atoms with van der Waals surface area (Å²) in [7, 11) is -3.76. The molecule has 0 aromatic carbocycles. The number of furan rings is 1. The van der Waals surface area contributed by atoms with Gasteiger partial charge in [0.2, 0.25) is 15.8 Å². The van der Waals surface area contributed by atoms with Crippen LogP contribution in [-0.4, -0.2) is 48.6 Å². The zero-order valence-electron chi connectivity index (χ0n) is 11.8.